The van der Waals surface area contributed by atoms with Gasteiger partial charge in [-0.15, -0.1) is 0 Å². The van der Waals surface area contributed by atoms with Crippen LogP contribution in [-0.4, -0.2) is 35.2 Å². The molecule has 1 aliphatic heterocycles. The standard InChI is InChI=1S/C30H30ClN3O3/c31-24-3-1-2-19(13-24)8-9-33(29(37)30-15-21-10-22(16-30)12-23(11-21)17-30)26-14-27(35)34(28(26)36)25-6-4-20(18-32)5-7-25/h1-7,13,21-23,26H,8-12,14-17H2. The number of anilines is 1. The summed E-state index contributed by atoms with van der Waals surface area (Å²) >= 11 is 6.21. The Morgan fingerprint density at radius 1 is 1.03 bits per heavy atom. The van der Waals surface area contributed by atoms with Crippen LogP contribution in [0.1, 0.15) is 56.1 Å². The predicted molar refractivity (Wildman–Crippen MR) is 140 cm³/mol. The molecular weight excluding hydrogens is 486 g/mol. The summed E-state index contributed by atoms with van der Waals surface area (Å²) < 4.78 is 0. The van der Waals surface area contributed by atoms with E-state index in [1.54, 1.807) is 29.2 Å². The van der Waals surface area contributed by atoms with E-state index < -0.39 is 11.5 Å². The van der Waals surface area contributed by atoms with Crippen molar-refractivity contribution < 1.29 is 14.4 Å². The van der Waals surface area contributed by atoms with Gasteiger partial charge in [0.2, 0.25) is 11.8 Å². The summed E-state index contributed by atoms with van der Waals surface area (Å²) in [6.07, 6.45) is 6.92. The van der Waals surface area contributed by atoms with Crippen molar-refractivity contribution in [3.8, 4) is 6.07 Å². The van der Waals surface area contributed by atoms with Gasteiger partial charge in [0, 0.05) is 11.6 Å². The fraction of sp³-hybridized carbons (Fsp3) is 0.467. The molecule has 5 aliphatic rings. The van der Waals surface area contributed by atoms with Gasteiger partial charge in [0.25, 0.3) is 5.91 Å². The van der Waals surface area contributed by atoms with Crippen LogP contribution >= 0.6 is 11.6 Å². The average molecular weight is 516 g/mol. The molecule has 5 fully saturated rings. The number of nitriles is 1. The maximum Gasteiger partial charge on any atom is 0.257 e. The third-order valence-corrected chi connectivity index (χ3v) is 9.27. The summed E-state index contributed by atoms with van der Waals surface area (Å²) in [6, 6.07) is 15.2. The normalized spacial score (nSPS) is 30.0. The molecule has 190 valence electrons. The highest BCUT2D eigenvalue weighted by Gasteiger charge is 2.57. The number of nitrogens with zero attached hydrogens (tertiary/aromatic N) is 3. The molecule has 6 nitrogen and oxygen atoms in total. The van der Waals surface area contributed by atoms with E-state index in [2.05, 4.69) is 6.07 Å². The highest BCUT2D eigenvalue weighted by molar-refractivity contribution is 6.30. The number of carbonyl (C=O) groups is 3. The number of hydrogen-bond donors (Lipinski definition) is 0. The van der Waals surface area contributed by atoms with Gasteiger partial charge in [-0.25, -0.2) is 4.90 Å². The van der Waals surface area contributed by atoms with Gasteiger partial charge >= 0.3 is 0 Å². The van der Waals surface area contributed by atoms with Gasteiger partial charge in [0.1, 0.15) is 6.04 Å². The summed E-state index contributed by atoms with van der Waals surface area (Å²) in [4.78, 5) is 44.2. The molecule has 1 saturated heterocycles. The Labute approximate surface area is 222 Å². The first-order valence-corrected chi connectivity index (χ1v) is 13.7. The molecule has 1 unspecified atom stereocenters. The van der Waals surface area contributed by atoms with E-state index in [4.69, 9.17) is 16.9 Å². The fourth-order valence-corrected chi connectivity index (χ4v) is 8.05. The largest absolute Gasteiger partial charge is 0.329 e. The lowest BCUT2D eigenvalue weighted by molar-refractivity contribution is -0.161. The SMILES string of the molecule is N#Cc1ccc(N2C(=O)CC(N(CCc3cccc(Cl)c3)C(=O)C34CC5CC(CC(C5)C3)C4)C2=O)cc1. The minimum absolute atomic E-state index is 0.0213. The zero-order valence-corrected chi connectivity index (χ0v) is 21.5. The Kier molecular flexibility index (Phi) is 6.07. The average Bonchev–Trinajstić information content (AvgIpc) is 3.17. The van der Waals surface area contributed by atoms with Crippen molar-refractivity contribution in [1.29, 1.82) is 5.26 Å². The quantitative estimate of drug-likeness (QED) is 0.499. The first-order chi connectivity index (χ1) is 17.8. The number of amides is 3. The van der Waals surface area contributed by atoms with Crippen LogP contribution in [0.15, 0.2) is 48.5 Å². The molecule has 0 spiro atoms. The topological polar surface area (TPSA) is 81.5 Å². The van der Waals surface area contributed by atoms with E-state index in [0.717, 1.165) is 24.8 Å². The van der Waals surface area contributed by atoms with Gasteiger partial charge in [-0.1, -0.05) is 23.7 Å². The van der Waals surface area contributed by atoms with Crippen molar-refractivity contribution in [3.05, 3.63) is 64.7 Å². The van der Waals surface area contributed by atoms with Crippen molar-refractivity contribution in [2.45, 2.75) is 57.4 Å². The van der Waals surface area contributed by atoms with Crippen molar-refractivity contribution in [2.75, 3.05) is 11.4 Å². The van der Waals surface area contributed by atoms with Crippen LogP contribution < -0.4 is 4.90 Å². The Hall–Kier alpha value is -3.17. The Morgan fingerprint density at radius 3 is 2.27 bits per heavy atom. The third-order valence-electron chi connectivity index (χ3n) is 9.04. The fourth-order valence-electron chi connectivity index (χ4n) is 7.83. The molecule has 4 saturated carbocycles. The lowest BCUT2D eigenvalue weighted by atomic mass is 9.49. The van der Waals surface area contributed by atoms with Gasteiger partial charge in [-0.3, -0.25) is 14.4 Å². The number of carbonyl (C=O) groups excluding carboxylic acids is 3. The third kappa shape index (κ3) is 4.34. The van der Waals surface area contributed by atoms with Crippen LogP contribution in [0.25, 0.3) is 0 Å². The molecule has 3 amide bonds. The van der Waals surface area contributed by atoms with Gasteiger partial charge in [-0.2, -0.15) is 5.26 Å². The maximum atomic E-state index is 14.4. The summed E-state index contributed by atoms with van der Waals surface area (Å²) in [5.41, 5.74) is 1.48. The van der Waals surface area contributed by atoms with Crippen LogP contribution in [0.2, 0.25) is 5.02 Å². The lowest BCUT2D eigenvalue weighted by Gasteiger charge is -2.57. The predicted octanol–water partition coefficient (Wildman–Crippen LogP) is 5.13. The van der Waals surface area contributed by atoms with E-state index in [9.17, 15) is 14.4 Å². The van der Waals surface area contributed by atoms with Crippen molar-refractivity contribution in [3.63, 3.8) is 0 Å². The van der Waals surface area contributed by atoms with Crippen molar-refractivity contribution in [2.24, 2.45) is 23.2 Å². The van der Waals surface area contributed by atoms with E-state index >= 15 is 0 Å². The van der Waals surface area contributed by atoms with Crippen LogP contribution in [0.3, 0.4) is 0 Å². The van der Waals surface area contributed by atoms with Crippen molar-refractivity contribution >= 4 is 35.0 Å². The van der Waals surface area contributed by atoms with Gasteiger partial charge in [0.05, 0.1) is 29.2 Å². The molecule has 0 aromatic heterocycles. The van der Waals surface area contributed by atoms with Gasteiger partial charge in [-0.05, 0) is 105 Å². The first-order valence-electron chi connectivity index (χ1n) is 13.3. The maximum absolute atomic E-state index is 14.4. The van der Waals surface area contributed by atoms with E-state index in [1.807, 2.05) is 24.3 Å². The van der Waals surface area contributed by atoms with Gasteiger partial charge < -0.3 is 4.90 Å². The number of rotatable bonds is 6. The summed E-state index contributed by atoms with van der Waals surface area (Å²) in [5.74, 6) is 1.18. The molecule has 7 rings (SSSR count). The Bertz CT molecular complexity index is 1260. The second kappa shape index (κ2) is 9.29. The first kappa shape index (κ1) is 24.2. The highest BCUT2D eigenvalue weighted by atomic mass is 35.5. The molecule has 4 bridgehead atoms. The van der Waals surface area contributed by atoms with Crippen LogP contribution in [0.4, 0.5) is 5.69 Å². The summed E-state index contributed by atoms with van der Waals surface area (Å²) in [7, 11) is 0. The number of hydrogen-bond acceptors (Lipinski definition) is 4. The summed E-state index contributed by atoms with van der Waals surface area (Å²) in [6.45, 7) is 0.367. The van der Waals surface area contributed by atoms with Crippen LogP contribution in [0.5, 0.6) is 0 Å². The molecule has 2 aromatic rings. The van der Waals surface area contributed by atoms with Crippen molar-refractivity contribution in [1.82, 2.24) is 4.90 Å². The Balaban J connectivity index is 1.30. The molecular formula is C30H30ClN3O3. The molecule has 7 heteroatoms. The van der Waals surface area contributed by atoms with Crippen LogP contribution in [0, 0.1) is 34.5 Å². The zero-order chi connectivity index (χ0) is 25.7. The molecule has 1 heterocycles. The molecule has 0 N–H and O–H groups in total. The molecule has 1 atom stereocenters. The highest BCUT2D eigenvalue weighted by Crippen LogP contribution is 2.60. The molecule has 4 aliphatic carbocycles. The molecule has 0 radical (unpaired) electrons. The van der Waals surface area contributed by atoms with E-state index in [1.165, 1.54) is 24.2 Å². The second-order valence-corrected chi connectivity index (χ2v) is 12.0. The lowest BCUT2D eigenvalue weighted by Crippen LogP contribution is -2.58. The monoisotopic (exact) mass is 515 g/mol. The van der Waals surface area contributed by atoms with E-state index in [-0.39, 0.29) is 24.1 Å². The Morgan fingerprint density at radius 2 is 1.68 bits per heavy atom. The van der Waals surface area contributed by atoms with Crippen LogP contribution in [-0.2, 0) is 20.8 Å². The van der Waals surface area contributed by atoms with E-state index in [0.29, 0.717) is 47.0 Å². The molecule has 2 aromatic carbocycles. The van der Waals surface area contributed by atoms with Gasteiger partial charge in [0.15, 0.2) is 0 Å². The molecule has 37 heavy (non-hydrogen) atoms. The second-order valence-electron chi connectivity index (χ2n) is 11.5. The summed E-state index contributed by atoms with van der Waals surface area (Å²) in [5, 5.41) is 9.75. The number of benzene rings is 2. The number of imide groups is 1. The smallest absolute Gasteiger partial charge is 0.257 e. The minimum atomic E-state index is -0.817. The zero-order valence-electron chi connectivity index (χ0n) is 20.7. The number of halogens is 1. The minimum Gasteiger partial charge on any atom is -0.329 e.